The number of benzene rings is 1. The third-order valence-electron chi connectivity index (χ3n) is 14.1. The first-order valence-corrected chi connectivity index (χ1v) is 22.5. The highest BCUT2D eigenvalue weighted by Crippen LogP contribution is 2.68. The summed E-state index contributed by atoms with van der Waals surface area (Å²) in [5.74, 6) is 4.34. The molecule has 1 heteroatoms. The lowest BCUT2D eigenvalue weighted by molar-refractivity contribution is 0.433. The van der Waals surface area contributed by atoms with Gasteiger partial charge in [0.15, 0.2) is 0 Å². The molecule has 0 N–H and O–H groups in total. The number of hydrogen-bond donors (Lipinski definition) is 0. The summed E-state index contributed by atoms with van der Waals surface area (Å²) in [5, 5.41) is 1.68. The van der Waals surface area contributed by atoms with Gasteiger partial charge in [0.05, 0.1) is 8.07 Å². The molecular formula is C49H66Si. The Labute approximate surface area is 307 Å². The Morgan fingerprint density at radius 1 is 0.380 bits per heavy atom. The minimum Gasteiger partial charge on any atom is -0.0799 e. The molecule has 8 atom stereocenters. The van der Waals surface area contributed by atoms with E-state index in [0.29, 0.717) is 58.4 Å². The SMILES string of the molecule is CC(C)(C)C1=CC2C(C=C1)C1C=CC(C(C)(C)C)=CC1C2[Si](C)(c1ccccc1)C1C2C=C(C(C)(C)C)C=CC2C2C=CC(C(C)(C)C)=CC21. The summed E-state index contributed by atoms with van der Waals surface area (Å²) in [7, 11) is -2.36. The van der Waals surface area contributed by atoms with Crippen LogP contribution in [0.5, 0.6) is 0 Å². The van der Waals surface area contributed by atoms with Gasteiger partial charge >= 0.3 is 0 Å². The summed E-state index contributed by atoms with van der Waals surface area (Å²) >= 11 is 0. The molecule has 0 aromatic heterocycles. The van der Waals surface area contributed by atoms with Gasteiger partial charge in [-0.25, -0.2) is 0 Å². The van der Waals surface area contributed by atoms with Crippen LogP contribution in [0.2, 0.25) is 17.6 Å². The zero-order valence-electron chi connectivity index (χ0n) is 33.6. The first-order chi connectivity index (χ1) is 23.2. The predicted octanol–water partition coefficient (Wildman–Crippen LogP) is 12.8. The maximum Gasteiger partial charge on any atom is 0.0921 e. The molecule has 0 spiro atoms. The van der Waals surface area contributed by atoms with Crippen molar-refractivity contribution < 1.29 is 0 Å². The lowest BCUT2D eigenvalue weighted by atomic mass is 9.74. The van der Waals surface area contributed by atoms with Crippen molar-refractivity contribution in [2.45, 2.75) is 101 Å². The Morgan fingerprint density at radius 2 is 0.640 bits per heavy atom. The molecule has 1 aromatic rings. The van der Waals surface area contributed by atoms with Gasteiger partial charge in [0.25, 0.3) is 0 Å². The summed E-state index contributed by atoms with van der Waals surface area (Å²) in [4.78, 5) is 0. The number of rotatable bonds is 3. The molecule has 6 aliphatic rings. The highest BCUT2D eigenvalue weighted by molar-refractivity contribution is 6.93. The van der Waals surface area contributed by atoms with Crippen molar-refractivity contribution in [3.05, 3.63) is 126 Å². The standard InChI is InChI=1S/C49H66Si/c1-46(2,3)31-19-23-36-37-24-20-32(47(4,5)6)28-41(37)44(40(36)27-31)50(13,35-17-15-14-16-18-35)45-42-29-33(48(7,8)9)21-25-38(42)39-26-22-34(30-43(39)45)49(10,11)12/h14-30,36-45H,1-13H3. The second-order valence-electron chi connectivity index (χ2n) is 21.2. The smallest absolute Gasteiger partial charge is 0.0799 e. The Balaban J connectivity index is 1.51. The van der Waals surface area contributed by atoms with Gasteiger partial charge in [0, 0.05) is 0 Å². The minimum atomic E-state index is -2.36. The van der Waals surface area contributed by atoms with Crippen LogP contribution < -0.4 is 5.19 Å². The van der Waals surface area contributed by atoms with Gasteiger partial charge in [0.1, 0.15) is 0 Å². The topological polar surface area (TPSA) is 0 Å². The van der Waals surface area contributed by atoms with Crippen molar-refractivity contribution in [1.29, 1.82) is 0 Å². The fraction of sp³-hybridized carbons (Fsp3) is 0.551. The van der Waals surface area contributed by atoms with E-state index in [1.165, 1.54) is 22.3 Å². The molecule has 7 rings (SSSR count). The average molecular weight is 683 g/mol. The number of fused-ring (bicyclic) bond motifs is 6. The molecule has 266 valence electrons. The van der Waals surface area contributed by atoms with Crippen LogP contribution in [0.15, 0.2) is 126 Å². The third kappa shape index (κ3) is 5.86. The van der Waals surface area contributed by atoms with Crippen molar-refractivity contribution in [2.75, 3.05) is 0 Å². The van der Waals surface area contributed by atoms with Crippen LogP contribution in [0.3, 0.4) is 0 Å². The molecule has 0 radical (unpaired) electrons. The summed E-state index contributed by atoms with van der Waals surface area (Å²) in [6, 6.07) is 12.1. The second kappa shape index (κ2) is 11.9. The van der Waals surface area contributed by atoms with Gasteiger partial charge in [0.2, 0.25) is 0 Å². The van der Waals surface area contributed by atoms with Gasteiger partial charge in [-0.05, 0) is 102 Å². The Hall–Kier alpha value is -2.64. The third-order valence-corrected chi connectivity index (χ3v) is 19.9. The maximum absolute atomic E-state index is 2.88. The molecule has 0 heterocycles. The zero-order valence-corrected chi connectivity index (χ0v) is 34.6. The predicted molar refractivity (Wildman–Crippen MR) is 220 cm³/mol. The van der Waals surface area contributed by atoms with E-state index in [0.717, 1.165) is 0 Å². The minimum absolute atomic E-state index is 0.132. The van der Waals surface area contributed by atoms with E-state index >= 15 is 0 Å². The van der Waals surface area contributed by atoms with Crippen LogP contribution in [-0.4, -0.2) is 8.07 Å². The fourth-order valence-corrected chi connectivity index (χ4v) is 17.9. The van der Waals surface area contributed by atoms with Crippen LogP contribution in [0.4, 0.5) is 0 Å². The Bertz CT molecular complexity index is 1520. The van der Waals surface area contributed by atoms with E-state index in [1.54, 1.807) is 5.19 Å². The van der Waals surface area contributed by atoms with Crippen LogP contribution in [-0.2, 0) is 0 Å². The van der Waals surface area contributed by atoms with Gasteiger partial charge in [-0.1, -0.05) is 198 Å². The highest BCUT2D eigenvalue weighted by Gasteiger charge is 2.64. The molecule has 0 saturated heterocycles. The zero-order chi connectivity index (χ0) is 36.2. The van der Waals surface area contributed by atoms with Gasteiger partial charge in [-0.15, -0.1) is 0 Å². The lowest BCUT2D eigenvalue weighted by Gasteiger charge is -2.49. The van der Waals surface area contributed by atoms with Crippen molar-refractivity contribution in [3.63, 3.8) is 0 Å². The van der Waals surface area contributed by atoms with E-state index in [-0.39, 0.29) is 21.7 Å². The average Bonchev–Trinajstić information content (AvgIpc) is 3.55. The van der Waals surface area contributed by atoms with Crippen LogP contribution in [0, 0.1) is 69.0 Å². The van der Waals surface area contributed by atoms with Gasteiger partial charge in [-0.3, -0.25) is 0 Å². The van der Waals surface area contributed by atoms with E-state index in [2.05, 4.69) is 193 Å². The van der Waals surface area contributed by atoms with E-state index in [1.807, 2.05) is 0 Å². The summed E-state index contributed by atoms with van der Waals surface area (Å²) in [5.41, 5.74) is 7.86. The van der Waals surface area contributed by atoms with E-state index in [9.17, 15) is 0 Å². The molecule has 2 saturated carbocycles. The quantitative estimate of drug-likeness (QED) is 0.278. The molecule has 1 aromatic carbocycles. The van der Waals surface area contributed by atoms with Gasteiger partial charge < -0.3 is 0 Å². The van der Waals surface area contributed by atoms with E-state index < -0.39 is 8.07 Å². The maximum atomic E-state index is 2.88. The second-order valence-corrected chi connectivity index (χ2v) is 25.7. The van der Waals surface area contributed by atoms with Crippen molar-refractivity contribution in [2.24, 2.45) is 69.0 Å². The monoisotopic (exact) mass is 682 g/mol. The number of allylic oxidation sites excluding steroid dienone is 16. The van der Waals surface area contributed by atoms with Crippen molar-refractivity contribution in [1.82, 2.24) is 0 Å². The molecule has 6 aliphatic carbocycles. The van der Waals surface area contributed by atoms with Gasteiger partial charge in [-0.2, -0.15) is 0 Å². The van der Waals surface area contributed by atoms with Crippen LogP contribution in [0.1, 0.15) is 83.1 Å². The molecule has 0 amide bonds. The molecule has 0 bridgehead atoms. The molecule has 0 nitrogen and oxygen atoms in total. The normalized spacial score (nSPS) is 36.0. The lowest BCUT2D eigenvalue weighted by Crippen LogP contribution is -2.58. The Morgan fingerprint density at radius 3 is 0.880 bits per heavy atom. The van der Waals surface area contributed by atoms with Crippen LogP contribution in [0.25, 0.3) is 0 Å². The Kier molecular flexibility index (Phi) is 8.54. The summed E-state index contributed by atoms with van der Waals surface area (Å²) in [6.45, 7) is 31.9. The summed E-state index contributed by atoms with van der Waals surface area (Å²) < 4.78 is 0. The highest BCUT2D eigenvalue weighted by atomic mass is 28.3. The number of hydrogen-bond acceptors (Lipinski definition) is 0. The summed E-state index contributed by atoms with van der Waals surface area (Å²) in [6.07, 6.45) is 31.9. The first-order valence-electron chi connectivity index (χ1n) is 19.9. The first kappa shape index (κ1) is 35.7. The van der Waals surface area contributed by atoms with Crippen molar-refractivity contribution >= 4 is 13.3 Å². The molecule has 0 aliphatic heterocycles. The fourth-order valence-electron chi connectivity index (χ4n) is 11.3. The molecular weight excluding hydrogens is 617 g/mol. The molecule has 2 fully saturated rings. The largest absolute Gasteiger partial charge is 0.0921 e. The van der Waals surface area contributed by atoms with Crippen molar-refractivity contribution in [3.8, 4) is 0 Å². The van der Waals surface area contributed by atoms with Crippen LogP contribution >= 0.6 is 0 Å². The molecule has 50 heavy (non-hydrogen) atoms. The molecule has 8 unspecified atom stereocenters. The van der Waals surface area contributed by atoms with E-state index in [4.69, 9.17) is 0 Å².